The van der Waals surface area contributed by atoms with Crippen LogP contribution in [-0.4, -0.2) is 5.16 Å². The van der Waals surface area contributed by atoms with Crippen molar-refractivity contribution in [2.75, 3.05) is 0 Å². The smallest absolute Gasteiger partial charge is 0.169 e. The van der Waals surface area contributed by atoms with Gasteiger partial charge in [0.05, 0.1) is 21.5 Å². The summed E-state index contributed by atoms with van der Waals surface area (Å²) in [4.78, 5) is 0. The molecule has 0 spiro atoms. The van der Waals surface area contributed by atoms with Gasteiger partial charge in [0.15, 0.2) is 5.76 Å². The third kappa shape index (κ3) is 1.91. The molecular formula is C8H4Cl3NOS. The van der Waals surface area contributed by atoms with E-state index in [1.54, 1.807) is 12.1 Å². The summed E-state index contributed by atoms with van der Waals surface area (Å²) in [6.45, 7) is 0. The molecule has 74 valence electrons. The highest BCUT2D eigenvalue weighted by molar-refractivity contribution is 7.20. The van der Waals surface area contributed by atoms with E-state index in [1.165, 1.54) is 11.3 Å². The third-order valence-electron chi connectivity index (χ3n) is 1.62. The van der Waals surface area contributed by atoms with Crippen molar-refractivity contribution in [2.45, 2.75) is 5.88 Å². The Morgan fingerprint density at radius 3 is 2.64 bits per heavy atom. The summed E-state index contributed by atoms with van der Waals surface area (Å²) in [6, 6.07) is 3.49. The maximum atomic E-state index is 5.95. The highest BCUT2D eigenvalue weighted by Crippen LogP contribution is 2.38. The Hall–Kier alpha value is -0.220. The van der Waals surface area contributed by atoms with Gasteiger partial charge in [-0.1, -0.05) is 28.4 Å². The quantitative estimate of drug-likeness (QED) is 0.752. The molecule has 0 N–H and O–H groups in total. The Labute approximate surface area is 99.4 Å². The van der Waals surface area contributed by atoms with Crippen molar-refractivity contribution in [2.24, 2.45) is 0 Å². The first-order valence-corrected chi connectivity index (χ1v) is 5.78. The van der Waals surface area contributed by atoms with E-state index in [1.807, 2.05) is 0 Å². The van der Waals surface area contributed by atoms with E-state index < -0.39 is 0 Å². The van der Waals surface area contributed by atoms with Gasteiger partial charge in [0, 0.05) is 6.07 Å². The van der Waals surface area contributed by atoms with E-state index in [4.69, 9.17) is 39.3 Å². The van der Waals surface area contributed by atoms with Gasteiger partial charge in [-0.3, -0.25) is 0 Å². The Kier molecular flexibility index (Phi) is 3.02. The first-order chi connectivity index (χ1) is 6.70. The minimum Gasteiger partial charge on any atom is -0.356 e. The second-order valence-electron chi connectivity index (χ2n) is 2.55. The summed E-state index contributed by atoms with van der Waals surface area (Å²) in [6.07, 6.45) is 0. The average Bonchev–Trinajstić information content (AvgIpc) is 2.71. The number of aromatic nitrogens is 1. The van der Waals surface area contributed by atoms with Crippen molar-refractivity contribution in [3.8, 4) is 11.3 Å². The van der Waals surface area contributed by atoms with Crippen molar-refractivity contribution in [1.29, 1.82) is 0 Å². The van der Waals surface area contributed by atoms with Gasteiger partial charge in [0.1, 0.15) is 4.34 Å². The lowest BCUT2D eigenvalue weighted by Crippen LogP contribution is -1.71. The van der Waals surface area contributed by atoms with Crippen LogP contribution in [0.3, 0.4) is 0 Å². The van der Waals surface area contributed by atoms with Crippen molar-refractivity contribution in [1.82, 2.24) is 5.16 Å². The molecule has 6 heteroatoms. The van der Waals surface area contributed by atoms with Crippen LogP contribution in [0.1, 0.15) is 5.69 Å². The van der Waals surface area contributed by atoms with Gasteiger partial charge in [0.25, 0.3) is 0 Å². The highest BCUT2D eigenvalue weighted by atomic mass is 35.5. The van der Waals surface area contributed by atoms with Gasteiger partial charge >= 0.3 is 0 Å². The first kappa shape index (κ1) is 10.3. The molecule has 0 aliphatic rings. The van der Waals surface area contributed by atoms with Crippen molar-refractivity contribution in [3.05, 3.63) is 26.5 Å². The fraction of sp³-hybridized carbons (Fsp3) is 0.125. The van der Waals surface area contributed by atoms with E-state index >= 15 is 0 Å². The van der Waals surface area contributed by atoms with Crippen LogP contribution in [-0.2, 0) is 5.88 Å². The predicted octanol–water partition coefficient (Wildman–Crippen LogP) is 4.45. The molecule has 2 aromatic heterocycles. The number of halogens is 3. The summed E-state index contributed by atoms with van der Waals surface area (Å²) >= 11 is 18.6. The van der Waals surface area contributed by atoms with Gasteiger partial charge in [-0.15, -0.1) is 22.9 Å². The molecule has 0 fully saturated rings. The number of thiophene rings is 1. The monoisotopic (exact) mass is 267 g/mol. The molecule has 0 saturated heterocycles. The third-order valence-corrected chi connectivity index (χ3v) is 3.38. The molecule has 0 aliphatic heterocycles. The molecule has 2 rings (SSSR count). The predicted molar refractivity (Wildman–Crippen MR) is 59.4 cm³/mol. The SMILES string of the molecule is ClCc1cc(-c2cc(Cl)sc2Cl)on1. The van der Waals surface area contributed by atoms with Crippen LogP contribution in [0.5, 0.6) is 0 Å². The molecule has 0 aromatic carbocycles. The number of rotatable bonds is 2. The molecule has 0 saturated carbocycles. The van der Waals surface area contributed by atoms with Crippen LogP contribution in [0.2, 0.25) is 8.67 Å². The zero-order valence-corrected chi connectivity index (χ0v) is 9.84. The minimum absolute atomic E-state index is 0.318. The molecule has 2 nitrogen and oxygen atoms in total. The maximum Gasteiger partial charge on any atom is 0.169 e. The van der Waals surface area contributed by atoms with Crippen molar-refractivity contribution >= 4 is 46.1 Å². The van der Waals surface area contributed by atoms with Gasteiger partial charge in [-0.2, -0.15) is 0 Å². The number of alkyl halides is 1. The minimum atomic E-state index is 0.318. The second-order valence-corrected chi connectivity index (χ2v) is 5.11. The topological polar surface area (TPSA) is 26.0 Å². The lowest BCUT2D eigenvalue weighted by atomic mass is 10.2. The Bertz CT molecular complexity index is 451. The molecule has 14 heavy (non-hydrogen) atoms. The Morgan fingerprint density at radius 1 is 1.36 bits per heavy atom. The second kappa shape index (κ2) is 4.11. The summed E-state index contributed by atoms with van der Waals surface area (Å²) < 4.78 is 6.27. The molecule has 0 unspecified atom stereocenters. The largest absolute Gasteiger partial charge is 0.356 e. The molecule has 0 bridgehead atoms. The molecule has 2 aromatic rings. The molecule has 0 atom stereocenters. The number of hydrogen-bond acceptors (Lipinski definition) is 3. The van der Waals surface area contributed by atoms with Gasteiger partial charge in [-0.05, 0) is 6.07 Å². The van der Waals surface area contributed by atoms with Crippen molar-refractivity contribution < 1.29 is 4.52 Å². The standard InChI is InChI=1S/C8H4Cl3NOS/c9-3-4-1-6(13-12-4)5-2-7(10)14-8(5)11/h1-2H,3H2. The van der Waals surface area contributed by atoms with Gasteiger partial charge < -0.3 is 4.52 Å². The molecule has 2 heterocycles. The fourth-order valence-electron chi connectivity index (χ4n) is 1.01. The lowest BCUT2D eigenvalue weighted by molar-refractivity contribution is 0.426. The number of nitrogens with zero attached hydrogens (tertiary/aromatic N) is 1. The Morgan fingerprint density at radius 2 is 2.14 bits per heavy atom. The molecular weight excluding hydrogens is 265 g/mol. The van der Waals surface area contributed by atoms with Crippen LogP contribution in [0.4, 0.5) is 0 Å². The van der Waals surface area contributed by atoms with Crippen LogP contribution in [0.15, 0.2) is 16.7 Å². The van der Waals surface area contributed by atoms with Crippen LogP contribution < -0.4 is 0 Å². The molecule has 0 amide bonds. The van der Waals surface area contributed by atoms with Crippen LogP contribution >= 0.6 is 46.1 Å². The van der Waals surface area contributed by atoms with E-state index in [2.05, 4.69) is 5.16 Å². The van der Waals surface area contributed by atoms with Crippen LogP contribution in [0.25, 0.3) is 11.3 Å². The zero-order chi connectivity index (χ0) is 10.1. The van der Waals surface area contributed by atoms with Gasteiger partial charge in [-0.25, -0.2) is 0 Å². The van der Waals surface area contributed by atoms with E-state index in [9.17, 15) is 0 Å². The van der Waals surface area contributed by atoms with E-state index in [0.29, 0.717) is 26.0 Å². The summed E-state index contributed by atoms with van der Waals surface area (Å²) in [7, 11) is 0. The summed E-state index contributed by atoms with van der Waals surface area (Å²) in [5, 5.41) is 3.76. The van der Waals surface area contributed by atoms with Gasteiger partial charge in [0.2, 0.25) is 0 Å². The average molecular weight is 269 g/mol. The fourth-order valence-corrected chi connectivity index (χ4v) is 2.61. The molecule has 0 radical (unpaired) electrons. The normalized spacial score (nSPS) is 10.8. The zero-order valence-electron chi connectivity index (χ0n) is 6.76. The lowest BCUT2D eigenvalue weighted by Gasteiger charge is -1.87. The molecule has 0 aliphatic carbocycles. The highest BCUT2D eigenvalue weighted by Gasteiger charge is 2.13. The van der Waals surface area contributed by atoms with Crippen molar-refractivity contribution in [3.63, 3.8) is 0 Å². The first-order valence-electron chi connectivity index (χ1n) is 3.67. The van der Waals surface area contributed by atoms with Crippen LogP contribution in [0, 0.1) is 0 Å². The maximum absolute atomic E-state index is 5.95. The summed E-state index contributed by atoms with van der Waals surface area (Å²) in [5.74, 6) is 0.910. The summed E-state index contributed by atoms with van der Waals surface area (Å²) in [5.41, 5.74) is 1.44. The van der Waals surface area contributed by atoms with E-state index in [-0.39, 0.29) is 0 Å². The van der Waals surface area contributed by atoms with E-state index in [0.717, 1.165) is 5.56 Å². The number of hydrogen-bond donors (Lipinski definition) is 0. The Balaban J connectivity index is 2.43.